The highest BCUT2D eigenvalue weighted by Gasteiger charge is 2.37. The lowest BCUT2D eigenvalue weighted by Crippen LogP contribution is -2.37. The Kier molecular flexibility index (Phi) is 2.05. The van der Waals surface area contributed by atoms with Crippen LogP contribution in [-0.4, -0.2) is 22.1 Å². The second-order valence-electron chi connectivity index (χ2n) is 3.18. The van der Waals surface area contributed by atoms with Gasteiger partial charge in [-0.1, -0.05) is 12.1 Å². The maximum atomic E-state index is 11.5. The molecular weight excluding hydrogens is 198 g/mol. The molecule has 0 spiro atoms. The molecule has 1 aromatic rings. The number of hydrogen-bond acceptors (Lipinski definition) is 4. The molecule has 6 heteroatoms. The highest BCUT2D eigenvalue weighted by molar-refractivity contribution is 6.03. The molecule has 1 aliphatic heterocycles. The number of aromatic hydroxyl groups is 1. The summed E-state index contributed by atoms with van der Waals surface area (Å²) < 4.78 is 0. The van der Waals surface area contributed by atoms with Gasteiger partial charge in [-0.3, -0.25) is 4.79 Å². The number of nitrogens with zero attached hydrogens (tertiary/aromatic N) is 1. The summed E-state index contributed by atoms with van der Waals surface area (Å²) >= 11 is 0. The van der Waals surface area contributed by atoms with Crippen molar-refractivity contribution in [2.24, 2.45) is 5.84 Å². The Bertz CT molecular complexity index is 415. The molecular formula is C9H9N3O3. The summed E-state index contributed by atoms with van der Waals surface area (Å²) in [6.45, 7) is 0. The second-order valence-corrected chi connectivity index (χ2v) is 3.18. The molecule has 1 saturated heterocycles. The van der Waals surface area contributed by atoms with Gasteiger partial charge in [0.2, 0.25) is 0 Å². The number of phenols is 1. The molecule has 0 aliphatic carbocycles. The zero-order valence-electron chi connectivity index (χ0n) is 7.68. The van der Waals surface area contributed by atoms with Crippen LogP contribution in [0.15, 0.2) is 24.3 Å². The number of imide groups is 1. The number of nitrogens with two attached hydrogens (primary N) is 1. The molecule has 1 aromatic carbocycles. The molecule has 4 N–H and O–H groups in total. The fraction of sp³-hybridized carbons (Fsp3) is 0.111. The summed E-state index contributed by atoms with van der Waals surface area (Å²) in [4.78, 5) is 22.5. The standard InChI is InChI=1S/C9H9N3O3/c10-12-8(14)7(11-9(12)15)5-1-3-6(13)4-2-5/h1-4,7,13H,10H2,(H,11,15)/t7-/m0/s1. The van der Waals surface area contributed by atoms with Gasteiger partial charge >= 0.3 is 6.03 Å². The van der Waals surface area contributed by atoms with Crippen LogP contribution in [0.25, 0.3) is 0 Å². The lowest BCUT2D eigenvalue weighted by molar-refractivity contribution is -0.127. The first-order chi connectivity index (χ1) is 7.09. The number of amides is 3. The van der Waals surface area contributed by atoms with Gasteiger partial charge in [0.05, 0.1) is 0 Å². The van der Waals surface area contributed by atoms with E-state index in [1.54, 1.807) is 12.1 Å². The van der Waals surface area contributed by atoms with Crippen molar-refractivity contribution in [1.82, 2.24) is 10.3 Å². The monoisotopic (exact) mass is 207 g/mol. The first-order valence-electron chi connectivity index (χ1n) is 4.27. The maximum absolute atomic E-state index is 11.5. The Hall–Kier alpha value is -2.08. The van der Waals surface area contributed by atoms with E-state index in [0.29, 0.717) is 10.6 Å². The average Bonchev–Trinajstić information content (AvgIpc) is 2.47. The number of phenolic OH excluding ortho intramolecular Hbond substituents is 1. The van der Waals surface area contributed by atoms with E-state index in [-0.39, 0.29) is 5.75 Å². The second kappa shape index (κ2) is 3.25. The molecule has 78 valence electrons. The third-order valence-corrected chi connectivity index (χ3v) is 2.20. The molecule has 0 radical (unpaired) electrons. The van der Waals surface area contributed by atoms with Crippen molar-refractivity contribution in [2.45, 2.75) is 6.04 Å². The molecule has 0 aromatic heterocycles. The van der Waals surface area contributed by atoms with Crippen LogP contribution in [0.5, 0.6) is 5.75 Å². The van der Waals surface area contributed by atoms with Crippen LogP contribution < -0.4 is 11.2 Å². The van der Waals surface area contributed by atoms with Crippen molar-refractivity contribution in [1.29, 1.82) is 0 Å². The normalized spacial score (nSPS) is 20.6. The number of hydrogen-bond donors (Lipinski definition) is 3. The van der Waals surface area contributed by atoms with E-state index in [4.69, 9.17) is 10.9 Å². The number of rotatable bonds is 1. The van der Waals surface area contributed by atoms with Crippen LogP contribution in [0.2, 0.25) is 0 Å². The number of benzene rings is 1. The molecule has 0 unspecified atom stereocenters. The van der Waals surface area contributed by atoms with Crippen molar-refractivity contribution in [2.75, 3.05) is 0 Å². The fourth-order valence-corrected chi connectivity index (χ4v) is 1.39. The average molecular weight is 207 g/mol. The van der Waals surface area contributed by atoms with E-state index in [9.17, 15) is 9.59 Å². The van der Waals surface area contributed by atoms with Crippen LogP contribution in [-0.2, 0) is 4.79 Å². The third kappa shape index (κ3) is 1.50. The predicted octanol–water partition coefficient (Wildman–Crippen LogP) is -0.141. The highest BCUT2D eigenvalue weighted by atomic mass is 16.3. The van der Waals surface area contributed by atoms with E-state index in [1.807, 2.05) is 0 Å². The minimum Gasteiger partial charge on any atom is -0.508 e. The number of carbonyl (C=O) groups excluding carboxylic acids is 2. The van der Waals surface area contributed by atoms with E-state index in [2.05, 4.69) is 5.32 Å². The highest BCUT2D eigenvalue weighted by Crippen LogP contribution is 2.21. The van der Waals surface area contributed by atoms with Crippen LogP contribution in [0.3, 0.4) is 0 Å². The van der Waals surface area contributed by atoms with Crippen molar-refractivity contribution in [3.05, 3.63) is 29.8 Å². The summed E-state index contributed by atoms with van der Waals surface area (Å²) in [5.74, 6) is 4.79. The molecule has 1 aliphatic rings. The Labute approximate surface area is 85.3 Å². The lowest BCUT2D eigenvalue weighted by Gasteiger charge is -2.07. The van der Waals surface area contributed by atoms with Crippen LogP contribution >= 0.6 is 0 Å². The number of nitrogens with one attached hydrogen (secondary N) is 1. The molecule has 0 bridgehead atoms. The lowest BCUT2D eigenvalue weighted by atomic mass is 10.1. The largest absolute Gasteiger partial charge is 0.508 e. The molecule has 6 nitrogen and oxygen atoms in total. The van der Waals surface area contributed by atoms with E-state index in [1.165, 1.54) is 12.1 Å². The first-order valence-corrected chi connectivity index (χ1v) is 4.27. The van der Waals surface area contributed by atoms with Gasteiger partial charge < -0.3 is 10.4 Å². The number of hydrazine groups is 1. The van der Waals surface area contributed by atoms with Crippen LogP contribution in [0.1, 0.15) is 11.6 Å². The van der Waals surface area contributed by atoms with Crippen LogP contribution in [0, 0.1) is 0 Å². The number of carbonyl (C=O) groups is 2. The summed E-state index contributed by atoms with van der Waals surface area (Å²) in [7, 11) is 0. The van der Waals surface area contributed by atoms with E-state index < -0.39 is 18.0 Å². The Morgan fingerprint density at radius 3 is 2.33 bits per heavy atom. The molecule has 0 saturated carbocycles. The van der Waals surface area contributed by atoms with Gasteiger partial charge in [-0.25, -0.2) is 10.6 Å². The van der Waals surface area contributed by atoms with Crippen molar-refractivity contribution in [3.63, 3.8) is 0 Å². The van der Waals surface area contributed by atoms with Crippen molar-refractivity contribution in [3.8, 4) is 5.75 Å². The summed E-state index contributed by atoms with van der Waals surface area (Å²) in [6, 6.07) is 4.59. The quantitative estimate of drug-likeness (QED) is 0.339. The fourth-order valence-electron chi connectivity index (χ4n) is 1.39. The molecule has 2 rings (SSSR count). The summed E-state index contributed by atoms with van der Waals surface area (Å²) in [5, 5.41) is 12.0. The van der Waals surface area contributed by atoms with Gasteiger partial charge in [0, 0.05) is 0 Å². The molecule has 1 fully saturated rings. The summed E-state index contributed by atoms with van der Waals surface area (Å²) in [5.41, 5.74) is 0.583. The Balaban J connectivity index is 2.29. The number of urea groups is 1. The van der Waals surface area contributed by atoms with E-state index in [0.717, 1.165) is 0 Å². The van der Waals surface area contributed by atoms with Gasteiger partial charge in [0.1, 0.15) is 11.8 Å². The Morgan fingerprint density at radius 2 is 1.87 bits per heavy atom. The van der Waals surface area contributed by atoms with Gasteiger partial charge in [-0.05, 0) is 17.7 Å². The molecule has 1 heterocycles. The third-order valence-electron chi connectivity index (χ3n) is 2.20. The minimum atomic E-state index is -0.761. The van der Waals surface area contributed by atoms with Gasteiger partial charge in [-0.2, -0.15) is 5.01 Å². The van der Waals surface area contributed by atoms with Crippen molar-refractivity contribution >= 4 is 11.9 Å². The first kappa shape index (κ1) is 9.47. The SMILES string of the molecule is NN1C(=O)N[C@@H](c2ccc(O)cc2)C1=O. The van der Waals surface area contributed by atoms with Gasteiger partial charge in [-0.15, -0.1) is 0 Å². The van der Waals surface area contributed by atoms with Gasteiger partial charge in [0.25, 0.3) is 5.91 Å². The maximum Gasteiger partial charge on any atom is 0.339 e. The topological polar surface area (TPSA) is 95.7 Å². The Morgan fingerprint density at radius 1 is 1.27 bits per heavy atom. The zero-order chi connectivity index (χ0) is 11.0. The van der Waals surface area contributed by atoms with Gasteiger partial charge in [0.15, 0.2) is 0 Å². The van der Waals surface area contributed by atoms with E-state index >= 15 is 0 Å². The molecule has 15 heavy (non-hydrogen) atoms. The summed E-state index contributed by atoms with van der Waals surface area (Å²) in [6.07, 6.45) is 0. The molecule has 3 amide bonds. The van der Waals surface area contributed by atoms with Crippen LogP contribution in [0.4, 0.5) is 4.79 Å². The predicted molar refractivity (Wildman–Crippen MR) is 50.4 cm³/mol. The van der Waals surface area contributed by atoms with Crippen molar-refractivity contribution < 1.29 is 14.7 Å². The smallest absolute Gasteiger partial charge is 0.339 e. The zero-order valence-corrected chi connectivity index (χ0v) is 7.68. The molecule has 1 atom stereocenters. The minimum absolute atomic E-state index is 0.0973.